The smallest absolute Gasteiger partial charge is 0.167 e. The van der Waals surface area contributed by atoms with Crippen LogP contribution in [0.5, 0.6) is 5.75 Å². The molecule has 3 aromatic carbocycles. The highest BCUT2D eigenvalue weighted by molar-refractivity contribution is 5.65. The van der Waals surface area contributed by atoms with E-state index in [0.29, 0.717) is 29.9 Å². The Balaban J connectivity index is 1.31. The summed E-state index contributed by atoms with van der Waals surface area (Å²) in [5, 5.41) is 0. The summed E-state index contributed by atoms with van der Waals surface area (Å²) in [4.78, 5) is 0. The molecule has 0 atom stereocenters. The highest BCUT2D eigenvalue weighted by atomic mass is 19.2. The summed E-state index contributed by atoms with van der Waals surface area (Å²) in [5.74, 6) is -1.34. The van der Waals surface area contributed by atoms with Crippen LogP contribution in [0.25, 0.3) is 11.1 Å². The molecule has 184 valence electrons. The zero-order valence-electron chi connectivity index (χ0n) is 20.0. The number of aryl methyl sites for hydroxylation is 1. The zero-order chi connectivity index (χ0) is 24.8. The van der Waals surface area contributed by atoms with E-state index in [2.05, 4.69) is 6.58 Å². The van der Waals surface area contributed by atoms with Crippen molar-refractivity contribution in [3.63, 3.8) is 0 Å². The van der Waals surface area contributed by atoms with Crippen molar-refractivity contribution in [1.29, 1.82) is 0 Å². The second-order valence-electron chi connectivity index (χ2n) is 9.16. The summed E-state index contributed by atoms with van der Waals surface area (Å²) in [7, 11) is 0. The van der Waals surface area contributed by atoms with E-state index in [1.165, 1.54) is 6.07 Å². The van der Waals surface area contributed by atoms with Gasteiger partial charge in [0.2, 0.25) is 0 Å². The Bertz CT molecular complexity index is 1150. The second-order valence-corrected chi connectivity index (χ2v) is 9.16. The molecule has 1 saturated carbocycles. The van der Waals surface area contributed by atoms with Crippen molar-refractivity contribution in [1.82, 2.24) is 0 Å². The van der Waals surface area contributed by atoms with Gasteiger partial charge in [-0.3, -0.25) is 0 Å². The molecule has 0 saturated heterocycles. The molecule has 2 nitrogen and oxygen atoms in total. The van der Waals surface area contributed by atoms with E-state index in [1.807, 2.05) is 25.1 Å². The number of ether oxygens (including phenoxy) is 2. The van der Waals surface area contributed by atoms with Crippen molar-refractivity contribution in [2.75, 3.05) is 6.61 Å². The van der Waals surface area contributed by atoms with E-state index in [4.69, 9.17) is 9.47 Å². The Morgan fingerprint density at radius 3 is 2.34 bits per heavy atom. The van der Waals surface area contributed by atoms with E-state index in [9.17, 15) is 13.2 Å². The second kappa shape index (κ2) is 11.6. The average Bonchev–Trinajstić information content (AvgIpc) is 2.86. The fraction of sp³-hybridized carbons (Fsp3) is 0.333. The number of hydrogen-bond acceptors (Lipinski definition) is 2. The van der Waals surface area contributed by atoms with Crippen LogP contribution < -0.4 is 4.74 Å². The van der Waals surface area contributed by atoms with E-state index >= 15 is 0 Å². The normalized spacial score (nSPS) is 17.8. The largest absolute Gasteiger partial charge is 0.493 e. The summed E-state index contributed by atoms with van der Waals surface area (Å²) in [6.07, 6.45) is 5.45. The van der Waals surface area contributed by atoms with Gasteiger partial charge in [-0.1, -0.05) is 54.1 Å². The number of hydrogen-bond donors (Lipinski definition) is 0. The van der Waals surface area contributed by atoms with Gasteiger partial charge in [0, 0.05) is 17.2 Å². The Labute approximate surface area is 205 Å². The van der Waals surface area contributed by atoms with Gasteiger partial charge in [0.05, 0.1) is 19.3 Å². The van der Waals surface area contributed by atoms with Crippen LogP contribution in [0.3, 0.4) is 0 Å². The minimum Gasteiger partial charge on any atom is -0.493 e. The highest BCUT2D eigenvalue weighted by Crippen LogP contribution is 2.37. The lowest BCUT2D eigenvalue weighted by atomic mass is 9.82. The molecule has 5 heteroatoms. The maximum atomic E-state index is 14.7. The lowest BCUT2D eigenvalue weighted by Crippen LogP contribution is -2.21. The molecule has 0 N–H and O–H groups in total. The summed E-state index contributed by atoms with van der Waals surface area (Å²) in [6.45, 7) is 6.08. The third-order valence-corrected chi connectivity index (χ3v) is 6.68. The standard InChI is InChI=1S/C30H31F3O2/c1-3-4-17-34-25-14-16-26(28(31)18-25)21-9-12-24(13-10-21)35-19-23-11-15-27(30(33)29(23)32)22-7-5-20(2)6-8-22/h3,5-8,11,14-16,18,21,24H,1,4,9-10,12-13,17,19H2,2H3. The lowest BCUT2D eigenvalue weighted by molar-refractivity contribution is 0.0117. The van der Waals surface area contributed by atoms with Gasteiger partial charge < -0.3 is 9.47 Å². The molecular formula is C30H31F3O2. The van der Waals surface area contributed by atoms with Gasteiger partial charge in [-0.05, 0) is 62.1 Å². The first-order chi connectivity index (χ1) is 17.0. The molecule has 3 aromatic rings. The van der Waals surface area contributed by atoms with Gasteiger partial charge in [0.1, 0.15) is 11.6 Å². The molecule has 0 aromatic heterocycles. The number of halogens is 3. The molecule has 0 radical (unpaired) electrons. The molecular weight excluding hydrogens is 449 g/mol. The van der Waals surface area contributed by atoms with Crippen LogP contribution in [-0.2, 0) is 11.3 Å². The van der Waals surface area contributed by atoms with Crippen molar-refractivity contribution in [3.8, 4) is 16.9 Å². The van der Waals surface area contributed by atoms with Crippen molar-refractivity contribution in [3.05, 3.63) is 101 Å². The zero-order valence-corrected chi connectivity index (χ0v) is 20.0. The van der Waals surface area contributed by atoms with Crippen LogP contribution >= 0.6 is 0 Å². The van der Waals surface area contributed by atoms with Crippen LogP contribution in [-0.4, -0.2) is 12.7 Å². The fourth-order valence-electron chi connectivity index (χ4n) is 4.59. The molecule has 4 rings (SSSR count). The molecule has 1 aliphatic carbocycles. The SMILES string of the molecule is C=CCCOc1ccc(C2CCC(OCc3ccc(-c4ccc(C)cc4)c(F)c3F)CC2)c(F)c1. The van der Waals surface area contributed by atoms with Crippen LogP contribution in [0.4, 0.5) is 13.2 Å². The predicted molar refractivity (Wildman–Crippen MR) is 133 cm³/mol. The summed E-state index contributed by atoms with van der Waals surface area (Å²) < 4.78 is 55.6. The predicted octanol–water partition coefficient (Wildman–Crippen LogP) is 8.28. The van der Waals surface area contributed by atoms with Crippen molar-refractivity contribution < 1.29 is 22.6 Å². The van der Waals surface area contributed by atoms with Gasteiger partial charge in [0.25, 0.3) is 0 Å². The third-order valence-electron chi connectivity index (χ3n) is 6.68. The van der Waals surface area contributed by atoms with Gasteiger partial charge in [-0.25, -0.2) is 13.2 Å². The Morgan fingerprint density at radius 1 is 0.914 bits per heavy atom. The number of rotatable bonds is 9. The molecule has 0 unspecified atom stereocenters. The fourth-order valence-corrected chi connectivity index (χ4v) is 4.59. The molecule has 35 heavy (non-hydrogen) atoms. The van der Waals surface area contributed by atoms with Crippen LogP contribution in [0.15, 0.2) is 67.3 Å². The van der Waals surface area contributed by atoms with Crippen molar-refractivity contribution in [2.24, 2.45) is 0 Å². The summed E-state index contributed by atoms with van der Waals surface area (Å²) in [5.41, 5.74) is 2.84. The minimum atomic E-state index is -0.866. The van der Waals surface area contributed by atoms with E-state index in [0.717, 1.165) is 31.2 Å². The van der Waals surface area contributed by atoms with Crippen LogP contribution in [0.2, 0.25) is 0 Å². The van der Waals surface area contributed by atoms with Gasteiger partial charge in [0.15, 0.2) is 11.6 Å². The average molecular weight is 481 g/mol. The van der Waals surface area contributed by atoms with Gasteiger partial charge >= 0.3 is 0 Å². The first-order valence-electron chi connectivity index (χ1n) is 12.1. The number of benzene rings is 3. The van der Waals surface area contributed by atoms with Crippen molar-refractivity contribution in [2.45, 2.75) is 57.7 Å². The Kier molecular flexibility index (Phi) is 8.29. The third kappa shape index (κ3) is 6.15. The Hall–Kier alpha value is -3.05. The van der Waals surface area contributed by atoms with Crippen LogP contribution in [0.1, 0.15) is 54.7 Å². The van der Waals surface area contributed by atoms with Gasteiger partial charge in [-0.2, -0.15) is 0 Å². The first-order valence-corrected chi connectivity index (χ1v) is 12.1. The van der Waals surface area contributed by atoms with E-state index in [-0.39, 0.29) is 35.6 Å². The quantitative estimate of drug-likeness (QED) is 0.227. The van der Waals surface area contributed by atoms with Crippen LogP contribution in [0, 0.1) is 24.4 Å². The molecule has 1 aliphatic rings. The molecule has 0 bridgehead atoms. The van der Waals surface area contributed by atoms with E-state index < -0.39 is 11.6 Å². The first kappa shape index (κ1) is 25.1. The molecule has 0 aliphatic heterocycles. The Morgan fingerprint density at radius 2 is 1.66 bits per heavy atom. The molecule has 1 fully saturated rings. The monoisotopic (exact) mass is 480 g/mol. The summed E-state index contributed by atoms with van der Waals surface area (Å²) in [6, 6.07) is 15.6. The maximum Gasteiger partial charge on any atom is 0.167 e. The topological polar surface area (TPSA) is 18.5 Å². The van der Waals surface area contributed by atoms with E-state index in [1.54, 1.807) is 36.4 Å². The molecule has 0 heterocycles. The molecule has 0 amide bonds. The highest BCUT2D eigenvalue weighted by Gasteiger charge is 2.25. The minimum absolute atomic E-state index is 0.0113. The molecule has 0 spiro atoms. The van der Waals surface area contributed by atoms with Crippen molar-refractivity contribution >= 4 is 0 Å². The maximum absolute atomic E-state index is 14.7. The van der Waals surface area contributed by atoms with Gasteiger partial charge in [-0.15, -0.1) is 6.58 Å². The lowest BCUT2D eigenvalue weighted by Gasteiger charge is -2.29. The summed E-state index contributed by atoms with van der Waals surface area (Å²) >= 11 is 0.